The first-order valence-electron chi connectivity index (χ1n) is 9.00. The number of benzene rings is 1. The lowest BCUT2D eigenvalue weighted by Gasteiger charge is -2.28. The van der Waals surface area contributed by atoms with Crippen LogP contribution in [0.1, 0.15) is 23.6 Å². The number of halogens is 1. The molecule has 0 unspecified atom stereocenters. The Labute approximate surface area is 158 Å². The standard InChI is InChI=1S/C20H24FN3O3/c1-27-18-4-3-16(13-17(18)21)19(20(25)26)24-10-2-9-23(11-12-24)14-15-5-7-22-8-6-15/h3-8,13,19H,2,9-12,14H2,1H3,(H,25,26)/t19-/m0/s1. The van der Waals surface area contributed by atoms with E-state index in [-0.39, 0.29) is 5.75 Å². The maximum atomic E-state index is 14.1. The SMILES string of the molecule is COc1ccc([C@@H](C(=O)O)N2CCCN(Cc3ccncc3)CC2)cc1F. The van der Waals surface area contributed by atoms with Crippen LogP contribution in [0.15, 0.2) is 42.7 Å². The Morgan fingerprint density at radius 1 is 1.22 bits per heavy atom. The largest absolute Gasteiger partial charge is 0.494 e. The second kappa shape index (κ2) is 8.92. The molecule has 0 saturated carbocycles. The van der Waals surface area contributed by atoms with E-state index in [1.54, 1.807) is 18.5 Å². The number of hydrogen-bond acceptors (Lipinski definition) is 5. The Kier molecular flexibility index (Phi) is 6.36. The predicted octanol–water partition coefficient (Wildman–Crippen LogP) is 2.56. The molecular weight excluding hydrogens is 349 g/mol. The number of carboxylic acids is 1. The van der Waals surface area contributed by atoms with Crippen molar-refractivity contribution in [2.24, 2.45) is 0 Å². The molecule has 1 saturated heterocycles. The summed E-state index contributed by atoms with van der Waals surface area (Å²) in [6.45, 7) is 3.71. The van der Waals surface area contributed by atoms with Gasteiger partial charge in [-0.15, -0.1) is 0 Å². The van der Waals surface area contributed by atoms with Crippen molar-refractivity contribution in [1.82, 2.24) is 14.8 Å². The van der Waals surface area contributed by atoms with Crippen LogP contribution in [-0.2, 0) is 11.3 Å². The molecule has 6 nitrogen and oxygen atoms in total. The summed E-state index contributed by atoms with van der Waals surface area (Å²) in [6, 6.07) is 7.48. The molecular formula is C20H24FN3O3. The Balaban J connectivity index is 1.71. The highest BCUT2D eigenvalue weighted by Crippen LogP contribution is 2.27. The molecule has 3 rings (SSSR count). The zero-order valence-corrected chi connectivity index (χ0v) is 15.3. The fourth-order valence-corrected chi connectivity index (χ4v) is 3.52. The fourth-order valence-electron chi connectivity index (χ4n) is 3.52. The molecule has 0 amide bonds. The molecule has 0 aliphatic carbocycles. The van der Waals surface area contributed by atoms with Crippen molar-refractivity contribution in [2.45, 2.75) is 19.0 Å². The summed E-state index contributed by atoms with van der Waals surface area (Å²) in [5.41, 5.74) is 1.62. The molecule has 1 fully saturated rings. The number of aromatic nitrogens is 1. The number of carbonyl (C=O) groups is 1. The minimum Gasteiger partial charge on any atom is -0.494 e. The van der Waals surface area contributed by atoms with Gasteiger partial charge in [-0.2, -0.15) is 0 Å². The van der Waals surface area contributed by atoms with Gasteiger partial charge in [-0.3, -0.25) is 19.6 Å². The third-order valence-corrected chi connectivity index (χ3v) is 4.87. The van der Waals surface area contributed by atoms with Crippen LogP contribution in [0.2, 0.25) is 0 Å². The summed E-state index contributed by atoms with van der Waals surface area (Å²) < 4.78 is 19.0. The zero-order valence-electron chi connectivity index (χ0n) is 15.3. The maximum Gasteiger partial charge on any atom is 0.325 e. The number of ether oxygens (including phenoxy) is 1. The van der Waals surface area contributed by atoms with Crippen molar-refractivity contribution < 1.29 is 19.0 Å². The molecule has 27 heavy (non-hydrogen) atoms. The van der Waals surface area contributed by atoms with Gasteiger partial charge in [-0.1, -0.05) is 6.07 Å². The van der Waals surface area contributed by atoms with E-state index in [9.17, 15) is 14.3 Å². The third kappa shape index (κ3) is 4.81. The molecule has 0 spiro atoms. The minimum absolute atomic E-state index is 0.113. The van der Waals surface area contributed by atoms with Crippen LogP contribution in [-0.4, -0.2) is 59.1 Å². The molecule has 1 aromatic heterocycles. The van der Waals surface area contributed by atoms with Crippen molar-refractivity contribution in [3.63, 3.8) is 0 Å². The average molecular weight is 373 g/mol. The molecule has 0 radical (unpaired) electrons. The van der Waals surface area contributed by atoms with Crippen molar-refractivity contribution >= 4 is 5.97 Å². The lowest BCUT2D eigenvalue weighted by atomic mass is 10.0. The van der Waals surface area contributed by atoms with Crippen LogP contribution in [0.5, 0.6) is 5.75 Å². The highest BCUT2D eigenvalue weighted by Gasteiger charge is 2.29. The van der Waals surface area contributed by atoms with Crippen LogP contribution >= 0.6 is 0 Å². The molecule has 2 aromatic rings. The van der Waals surface area contributed by atoms with Crippen molar-refractivity contribution in [1.29, 1.82) is 0 Å². The molecule has 7 heteroatoms. The fraction of sp³-hybridized carbons (Fsp3) is 0.400. The van der Waals surface area contributed by atoms with E-state index in [0.29, 0.717) is 18.7 Å². The van der Waals surface area contributed by atoms with Gasteiger partial charge in [0.05, 0.1) is 7.11 Å². The molecule has 144 valence electrons. The second-order valence-electron chi connectivity index (χ2n) is 6.66. The van der Waals surface area contributed by atoms with Gasteiger partial charge in [0.1, 0.15) is 6.04 Å². The molecule has 1 aliphatic heterocycles. The summed E-state index contributed by atoms with van der Waals surface area (Å²) >= 11 is 0. The smallest absolute Gasteiger partial charge is 0.325 e. The Hall–Kier alpha value is -2.51. The summed E-state index contributed by atoms with van der Waals surface area (Å²) in [7, 11) is 1.39. The number of nitrogens with zero attached hydrogens (tertiary/aromatic N) is 3. The molecule has 1 aromatic carbocycles. The van der Waals surface area contributed by atoms with E-state index in [1.807, 2.05) is 17.0 Å². The summed E-state index contributed by atoms with van der Waals surface area (Å²) in [5, 5.41) is 9.77. The lowest BCUT2D eigenvalue weighted by Crippen LogP contribution is -2.37. The van der Waals surface area contributed by atoms with Gasteiger partial charge in [0, 0.05) is 38.6 Å². The first-order valence-corrected chi connectivity index (χ1v) is 9.00. The molecule has 1 aliphatic rings. The normalized spacial score (nSPS) is 17.3. The van der Waals surface area contributed by atoms with Crippen molar-refractivity contribution in [2.75, 3.05) is 33.3 Å². The highest BCUT2D eigenvalue weighted by atomic mass is 19.1. The van der Waals surface area contributed by atoms with Crippen molar-refractivity contribution in [3.05, 3.63) is 59.7 Å². The number of aliphatic carboxylic acids is 1. The van der Waals surface area contributed by atoms with E-state index in [1.165, 1.54) is 24.8 Å². The molecule has 1 N–H and O–H groups in total. The summed E-state index contributed by atoms with van der Waals surface area (Å²) in [4.78, 5) is 20.2. The van der Waals surface area contributed by atoms with Gasteiger partial charge in [0.25, 0.3) is 0 Å². The van der Waals surface area contributed by atoms with Gasteiger partial charge in [0.2, 0.25) is 0 Å². The van der Waals surface area contributed by atoms with Crippen LogP contribution < -0.4 is 4.74 Å². The second-order valence-corrected chi connectivity index (χ2v) is 6.66. The molecule has 1 atom stereocenters. The van der Waals surface area contributed by atoms with E-state index in [2.05, 4.69) is 9.88 Å². The van der Waals surface area contributed by atoms with E-state index in [4.69, 9.17) is 4.74 Å². The summed E-state index contributed by atoms with van der Waals surface area (Å²) in [5.74, 6) is -1.40. The predicted molar refractivity (Wildman–Crippen MR) is 99.0 cm³/mol. The van der Waals surface area contributed by atoms with Crippen LogP contribution in [0.3, 0.4) is 0 Å². The molecule has 0 bridgehead atoms. The minimum atomic E-state index is -0.970. The summed E-state index contributed by atoms with van der Waals surface area (Å²) in [6.07, 6.45) is 4.41. The van der Waals surface area contributed by atoms with Gasteiger partial charge < -0.3 is 9.84 Å². The number of methoxy groups -OCH3 is 1. The number of pyridine rings is 1. The Morgan fingerprint density at radius 2 is 2.00 bits per heavy atom. The number of hydrogen-bond donors (Lipinski definition) is 1. The van der Waals surface area contributed by atoms with E-state index >= 15 is 0 Å². The molecule has 2 heterocycles. The first-order chi connectivity index (χ1) is 13.1. The average Bonchev–Trinajstić information content (AvgIpc) is 2.88. The number of carboxylic acid groups (broad SMARTS) is 1. The van der Waals surface area contributed by atoms with Crippen LogP contribution in [0.4, 0.5) is 4.39 Å². The zero-order chi connectivity index (χ0) is 19.2. The van der Waals surface area contributed by atoms with Crippen molar-refractivity contribution in [3.8, 4) is 5.75 Å². The number of rotatable bonds is 6. The van der Waals surface area contributed by atoms with Gasteiger partial charge in [-0.25, -0.2) is 4.39 Å². The lowest BCUT2D eigenvalue weighted by molar-refractivity contribution is -0.143. The maximum absolute atomic E-state index is 14.1. The quantitative estimate of drug-likeness (QED) is 0.840. The van der Waals surface area contributed by atoms with E-state index in [0.717, 1.165) is 26.1 Å². The van der Waals surface area contributed by atoms with Gasteiger partial charge in [0.15, 0.2) is 11.6 Å². The Bertz CT molecular complexity index is 772. The van der Waals surface area contributed by atoms with Crippen LogP contribution in [0, 0.1) is 5.82 Å². The van der Waals surface area contributed by atoms with E-state index < -0.39 is 17.8 Å². The van der Waals surface area contributed by atoms with Gasteiger partial charge >= 0.3 is 5.97 Å². The third-order valence-electron chi connectivity index (χ3n) is 4.87. The van der Waals surface area contributed by atoms with Gasteiger partial charge in [-0.05, 0) is 48.4 Å². The Morgan fingerprint density at radius 3 is 2.67 bits per heavy atom. The highest BCUT2D eigenvalue weighted by molar-refractivity contribution is 5.75. The topological polar surface area (TPSA) is 65.9 Å². The van der Waals surface area contributed by atoms with Crippen LogP contribution in [0.25, 0.3) is 0 Å². The first kappa shape index (κ1) is 19.3. The monoisotopic (exact) mass is 373 g/mol.